The van der Waals surface area contributed by atoms with E-state index in [9.17, 15) is 9.59 Å². The molecule has 1 aromatic heterocycles. The molecule has 116 valence electrons. The zero-order valence-corrected chi connectivity index (χ0v) is 12.8. The second kappa shape index (κ2) is 7.24. The summed E-state index contributed by atoms with van der Waals surface area (Å²) >= 11 is 0. The number of aromatic amines is 1. The molecule has 1 fully saturated rings. The first-order chi connectivity index (χ1) is 10.1. The summed E-state index contributed by atoms with van der Waals surface area (Å²) < 4.78 is 0. The van der Waals surface area contributed by atoms with Crippen molar-refractivity contribution in [3.63, 3.8) is 0 Å². The van der Waals surface area contributed by atoms with Gasteiger partial charge in [0, 0.05) is 31.7 Å². The van der Waals surface area contributed by atoms with Crippen LogP contribution in [0.5, 0.6) is 0 Å². The van der Waals surface area contributed by atoms with Crippen LogP contribution in [0.4, 0.5) is 0 Å². The van der Waals surface area contributed by atoms with Crippen molar-refractivity contribution in [3.8, 4) is 0 Å². The van der Waals surface area contributed by atoms with E-state index in [2.05, 4.69) is 29.4 Å². The van der Waals surface area contributed by atoms with E-state index in [1.165, 1.54) is 0 Å². The average Bonchev–Trinajstić information content (AvgIpc) is 3.03. The molecular formula is C15H24N4O2. The zero-order valence-electron chi connectivity index (χ0n) is 12.8. The van der Waals surface area contributed by atoms with Crippen molar-refractivity contribution < 1.29 is 9.59 Å². The molecular weight excluding hydrogens is 268 g/mol. The van der Waals surface area contributed by atoms with Crippen molar-refractivity contribution in [1.82, 2.24) is 20.4 Å². The first-order valence-electron chi connectivity index (χ1n) is 7.66. The Hall–Kier alpha value is -1.85. The molecule has 1 aliphatic rings. The van der Waals surface area contributed by atoms with Crippen LogP contribution >= 0.6 is 0 Å². The number of hydrogen-bond acceptors (Lipinski definition) is 3. The molecule has 0 aliphatic carbocycles. The van der Waals surface area contributed by atoms with Crippen LogP contribution in [-0.2, 0) is 11.2 Å². The van der Waals surface area contributed by atoms with Gasteiger partial charge in [-0.1, -0.05) is 13.8 Å². The van der Waals surface area contributed by atoms with E-state index in [1.54, 1.807) is 6.07 Å². The van der Waals surface area contributed by atoms with Gasteiger partial charge in [0.05, 0.1) is 0 Å². The van der Waals surface area contributed by atoms with E-state index >= 15 is 0 Å². The molecule has 2 N–H and O–H groups in total. The molecule has 0 radical (unpaired) electrons. The number of nitrogens with one attached hydrogen (secondary N) is 2. The fourth-order valence-corrected chi connectivity index (χ4v) is 2.53. The third-order valence-electron chi connectivity index (χ3n) is 3.55. The van der Waals surface area contributed by atoms with E-state index < -0.39 is 0 Å². The molecule has 0 bridgehead atoms. The maximum Gasteiger partial charge on any atom is 0.271 e. The number of amides is 2. The molecule has 0 spiro atoms. The van der Waals surface area contributed by atoms with E-state index in [-0.39, 0.29) is 11.8 Å². The number of nitrogens with zero attached hydrogens (tertiary/aromatic N) is 2. The van der Waals surface area contributed by atoms with Crippen LogP contribution in [0.3, 0.4) is 0 Å². The molecule has 1 aliphatic heterocycles. The first kappa shape index (κ1) is 15.5. The van der Waals surface area contributed by atoms with Crippen LogP contribution in [0.1, 0.15) is 49.3 Å². The molecule has 6 heteroatoms. The summed E-state index contributed by atoms with van der Waals surface area (Å²) in [5.41, 5.74) is 1.42. The standard InChI is InChI=1S/C15H24N4O2/c1-11(2)9-12-10-13(18-17-12)15(21)16-6-4-8-19-7-3-5-14(19)20/h10-11H,3-9H2,1-2H3,(H,16,21)(H,17,18). The van der Waals surface area contributed by atoms with Gasteiger partial charge in [-0.2, -0.15) is 5.10 Å². The number of H-pyrrole nitrogens is 1. The number of carbonyl (C=O) groups is 2. The van der Waals surface area contributed by atoms with Gasteiger partial charge in [0.2, 0.25) is 5.91 Å². The van der Waals surface area contributed by atoms with Gasteiger partial charge in [-0.05, 0) is 31.2 Å². The van der Waals surface area contributed by atoms with Crippen LogP contribution in [-0.4, -0.2) is 46.5 Å². The maximum atomic E-state index is 11.9. The van der Waals surface area contributed by atoms with Crippen molar-refractivity contribution >= 4 is 11.8 Å². The number of likely N-dealkylation sites (tertiary alicyclic amines) is 1. The predicted octanol–water partition coefficient (Wildman–Crippen LogP) is 1.35. The van der Waals surface area contributed by atoms with Gasteiger partial charge in [-0.15, -0.1) is 0 Å². The van der Waals surface area contributed by atoms with E-state index in [1.807, 2.05) is 4.90 Å². The summed E-state index contributed by atoms with van der Waals surface area (Å²) in [6.45, 7) is 6.39. The first-order valence-corrected chi connectivity index (χ1v) is 7.66. The van der Waals surface area contributed by atoms with Crippen molar-refractivity contribution in [1.29, 1.82) is 0 Å². The van der Waals surface area contributed by atoms with E-state index in [4.69, 9.17) is 0 Å². The monoisotopic (exact) mass is 292 g/mol. The second-order valence-corrected chi connectivity index (χ2v) is 5.97. The molecule has 2 heterocycles. The Kier molecular flexibility index (Phi) is 5.36. The Morgan fingerprint density at radius 2 is 2.33 bits per heavy atom. The lowest BCUT2D eigenvalue weighted by atomic mass is 10.1. The number of carbonyl (C=O) groups excluding carboxylic acids is 2. The highest BCUT2D eigenvalue weighted by Crippen LogP contribution is 2.09. The Morgan fingerprint density at radius 1 is 1.52 bits per heavy atom. The summed E-state index contributed by atoms with van der Waals surface area (Å²) in [4.78, 5) is 25.2. The summed E-state index contributed by atoms with van der Waals surface area (Å²) in [6.07, 6.45) is 3.29. The van der Waals surface area contributed by atoms with Crippen LogP contribution < -0.4 is 5.32 Å². The third kappa shape index (κ3) is 4.58. The maximum absolute atomic E-state index is 11.9. The fourth-order valence-electron chi connectivity index (χ4n) is 2.53. The molecule has 21 heavy (non-hydrogen) atoms. The quantitative estimate of drug-likeness (QED) is 0.745. The Balaban J connectivity index is 1.69. The largest absolute Gasteiger partial charge is 0.351 e. The van der Waals surface area contributed by atoms with Gasteiger partial charge in [0.15, 0.2) is 0 Å². The summed E-state index contributed by atoms with van der Waals surface area (Å²) in [5, 5.41) is 9.78. The molecule has 0 unspecified atom stereocenters. The lowest BCUT2D eigenvalue weighted by Crippen LogP contribution is -2.30. The van der Waals surface area contributed by atoms with Crippen molar-refractivity contribution in [2.45, 2.75) is 39.5 Å². The van der Waals surface area contributed by atoms with Crippen LogP contribution in [0.25, 0.3) is 0 Å². The fraction of sp³-hybridized carbons (Fsp3) is 0.667. The zero-order chi connectivity index (χ0) is 15.2. The van der Waals surface area contributed by atoms with E-state index in [0.717, 1.165) is 38.0 Å². The van der Waals surface area contributed by atoms with Gasteiger partial charge in [0.25, 0.3) is 5.91 Å². The van der Waals surface area contributed by atoms with Gasteiger partial charge >= 0.3 is 0 Å². The van der Waals surface area contributed by atoms with Crippen LogP contribution in [0.2, 0.25) is 0 Å². The Bertz CT molecular complexity index is 496. The average molecular weight is 292 g/mol. The molecule has 1 aromatic rings. The summed E-state index contributed by atoms with van der Waals surface area (Å²) in [6, 6.07) is 1.80. The van der Waals surface area contributed by atoms with Crippen LogP contribution in [0, 0.1) is 5.92 Å². The SMILES string of the molecule is CC(C)Cc1cc(C(=O)NCCCN2CCCC2=O)n[nH]1. The van der Waals surface area contributed by atoms with Gasteiger partial charge in [-0.25, -0.2) is 0 Å². The normalized spacial score (nSPS) is 15.0. The highest BCUT2D eigenvalue weighted by molar-refractivity contribution is 5.92. The minimum atomic E-state index is -0.158. The van der Waals surface area contributed by atoms with Crippen molar-refractivity contribution in [2.75, 3.05) is 19.6 Å². The molecule has 2 rings (SSSR count). The lowest BCUT2D eigenvalue weighted by Gasteiger charge is -2.14. The number of aromatic nitrogens is 2. The predicted molar refractivity (Wildman–Crippen MR) is 79.9 cm³/mol. The van der Waals surface area contributed by atoms with Crippen molar-refractivity contribution in [3.05, 3.63) is 17.5 Å². The molecule has 0 atom stereocenters. The van der Waals surface area contributed by atoms with Gasteiger partial charge in [-0.3, -0.25) is 14.7 Å². The second-order valence-electron chi connectivity index (χ2n) is 5.97. The Morgan fingerprint density at radius 3 is 3.00 bits per heavy atom. The van der Waals surface area contributed by atoms with Crippen LogP contribution in [0.15, 0.2) is 6.07 Å². The number of hydrogen-bond donors (Lipinski definition) is 2. The highest BCUT2D eigenvalue weighted by atomic mass is 16.2. The van der Waals surface area contributed by atoms with Gasteiger partial charge in [0.1, 0.15) is 5.69 Å². The third-order valence-corrected chi connectivity index (χ3v) is 3.55. The molecule has 6 nitrogen and oxygen atoms in total. The van der Waals surface area contributed by atoms with Crippen molar-refractivity contribution in [2.24, 2.45) is 5.92 Å². The minimum absolute atomic E-state index is 0.158. The summed E-state index contributed by atoms with van der Waals surface area (Å²) in [7, 11) is 0. The lowest BCUT2D eigenvalue weighted by molar-refractivity contribution is -0.127. The van der Waals surface area contributed by atoms with Gasteiger partial charge < -0.3 is 10.2 Å². The number of rotatable bonds is 7. The molecule has 0 saturated carbocycles. The minimum Gasteiger partial charge on any atom is -0.351 e. The molecule has 2 amide bonds. The highest BCUT2D eigenvalue weighted by Gasteiger charge is 2.19. The Labute approximate surface area is 125 Å². The molecule has 1 saturated heterocycles. The smallest absolute Gasteiger partial charge is 0.271 e. The summed E-state index contributed by atoms with van der Waals surface area (Å²) in [5.74, 6) is 0.598. The molecule has 0 aromatic carbocycles. The topological polar surface area (TPSA) is 78.1 Å². The van der Waals surface area contributed by atoms with E-state index in [0.29, 0.717) is 24.6 Å².